The van der Waals surface area contributed by atoms with E-state index in [2.05, 4.69) is 10.3 Å². The van der Waals surface area contributed by atoms with Crippen LogP contribution in [-0.4, -0.2) is 30.4 Å². The smallest absolute Gasteiger partial charge is 0.255 e. The molecule has 2 aromatic rings. The minimum atomic E-state index is -0.349. The van der Waals surface area contributed by atoms with Crippen molar-refractivity contribution in [2.75, 3.05) is 18.7 Å². The van der Waals surface area contributed by atoms with Crippen molar-refractivity contribution >= 4 is 22.4 Å². The van der Waals surface area contributed by atoms with Gasteiger partial charge in [0.25, 0.3) is 5.91 Å². The Morgan fingerprint density at radius 2 is 2.23 bits per heavy atom. The highest BCUT2D eigenvalue weighted by Gasteiger charge is 2.24. The van der Waals surface area contributed by atoms with E-state index in [4.69, 9.17) is 14.2 Å². The van der Waals surface area contributed by atoms with Gasteiger partial charge in [-0.2, -0.15) is 0 Å². The van der Waals surface area contributed by atoms with Crippen LogP contribution in [0.2, 0.25) is 0 Å². The minimum Gasteiger partial charge on any atom is -0.454 e. The van der Waals surface area contributed by atoms with E-state index in [0.29, 0.717) is 11.7 Å². The number of nitrogens with one attached hydrogen (secondary N) is 1. The maximum Gasteiger partial charge on any atom is 0.255 e. The van der Waals surface area contributed by atoms with Gasteiger partial charge in [-0.05, 0) is 31.0 Å². The molecule has 0 aliphatic carbocycles. The molecule has 114 valence electrons. The van der Waals surface area contributed by atoms with Crippen molar-refractivity contribution in [1.29, 1.82) is 0 Å². The van der Waals surface area contributed by atoms with Gasteiger partial charge in [-0.25, -0.2) is 4.98 Å². The van der Waals surface area contributed by atoms with Gasteiger partial charge < -0.3 is 14.2 Å². The maximum absolute atomic E-state index is 12.0. The normalized spacial score (nSPS) is 19.4. The van der Waals surface area contributed by atoms with Crippen molar-refractivity contribution in [3.8, 4) is 22.8 Å². The van der Waals surface area contributed by atoms with Crippen molar-refractivity contribution < 1.29 is 19.0 Å². The molecule has 1 atom stereocenters. The lowest BCUT2D eigenvalue weighted by molar-refractivity contribution is -0.124. The van der Waals surface area contributed by atoms with E-state index >= 15 is 0 Å². The summed E-state index contributed by atoms with van der Waals surface area (Å²) in [5.74, 6) is 1.34. The highest BCUT2D eigenvalue weighted by molar-refractivity contribution is 7.14. The molecule has 0 radical (unpaired) electrons. The summed E-state index contributed by atoms with van der Waals surface area (Å²) in [6, 6.07) is 5.68. The molecule has 4 rings (SSSR count). The van der Waals surface area contributed by atoms with Crippen LogP contribution in [0.5, 0.6) is 11.5 Å². The zero-order valence-corrected chi connectivity index (χ0v) is 12.5. The third-order valence-electron chi connectivity index (χ3n) is 3.62. The number of ether oxygens (including phenoxy) is 3. The number of rotatable bonds is 3. The Labute approximate surface area is 131 Å². The lowest BCUT2D eigenvalue weighted by Gasteiger charge is -2.07. The first-order valence-corrected chi connectivity index (χ1v) is 7.95. The predicted octanol–water partition coefficient (Wildman–Crippen LogP) is 2.66. The Balaban J connectivity index is 1.50. The molecule has 1 unspecified atom stereocenters. The molecule has 2 aliphatic rings. The van der Waals surface area contributed by atoms with Gasteiger partial charge in [0.05, 0.1) is 5.69 Å². The van der Waals surface area contributed by atoms with Crippen molar-refractivity contribution in [3.63, 3.8) is 0 Å². The van der Waals surface area contributed by atoms with E-state index in [-0.39, 0.29) is 18.8 Å². The van der Waals surface area contributed by atoms with E-state index in [9.17, 15) is 4.79 Å². The molecule has 1 fully saturated rings. The number of aromatic nitrogens is 1. The van der Waals surface area contributed by atoms with Gasteiger partial charge in [0.2, 0.25) is 6.79 Å². The summed E-state index contributed by atoms with van der Waals surface area (Å²) in [7, 11) is 0. The number of nitrogens with zero attached hydrogens (tertiary/aromatic N) is 1. The molecule has 1 saturated heterocycles. The molecule has 0 spiro atoms. The first-order valence-electron chi connectivity index (χ1n) is 7.07. The molecule has 2 aliphatic heterocycles. The van der Waals surface area contributed by atoms with Gasteiger partial charge in [-0.3, -0.25) is 10.1 Å². The van der Waals surface area contributed by atoms with Crippen LogP contribution in [0.4, 0.5) is 5.13 Å². The fourth-order valence-corrected chi connectivity index (χ4v) is 3.21. The predicted molar refractivity (Wildman–Crippen MR) is 81.3 cm³/mol. The maximum atomic E-state index is 12.0. The summed E-state index contributed by atoms with van der Waals surface area (Å²) < 4.78 is 16.0. The third-order valence-corrected chi connectivity index (χ3v) is 4.38. The molecule has 0 saturated carbocycles. The summed E-state index contributed by atoms with van der Waals surface area (Å²) in [6.07, 6.45) is 1.35. The fraction of sp³-hybridized carbons (Fsp3) is 0.333. The molecule has 6 nitrogen and oxygen atoms in total. The molecule has 1 amide bonds. The molecular weight excluding hydrogens is 304 g/mol. The highest BCUT2D eigenvalue weighted by atomic mass is 32.1. The quantitative estimate of drug-likeness (QED) is 0.942. The van der Waals surface area contributed by atoms with Gasteiger partial charge >= 0.3 is 0 Å². The molecular formula is C15H14N2O4S. The largest absolute Gasteiger partial charge is 0.454 e. The SMILES string of the molecule is O=C(Nc1nc(-c2ccc3c(c2)OCO3)cs1)C1CCCO1. The fourth-order valence-electron chi connectivity index (χ4n) is 2.49. The summed E-state index contributed by atoms with van der Waals surface area (Å²) in [4.78, 5) is 16.5. The van der Waals surface area contributed by atoms with Crippen LogP contribution in [0, 0.1) is 0 Å². The molecule has 1 N–H and O–H groups in total. The van der Waals surface area contributed by atoms with E-state index in [0.717, 1.165) is 35.6 Å². The van der Waals surface area contributed by atoms with Crippen molar-refractivity contribution in [2.24, 2.45) is 0 Å². The average Bonchev–Trinajstić information content (AvgIpc) is 3.27. The average molecular weight is 318 g/mol. The van der Waals surface area contributed by atoms with Crippen LogP contribution >= 0.6 is 11.3 Å². The summed E-state index contributed by atoms with van der Waals surface area (Å²) in [6.45, 7) is 0.900. The Morgan fingerprint density at radius 1 is 1.32 bits per heavy atom. The Morgan fingerprint density at radius 3 is 3.09 bits per heavy atom. The third kappa shape index (κ3) is 2.53. The van der Waals surface area contributed by atoms with E-state index in [1.54, 1.807) is 0 Å². The first-order chi connectivity index (χ1) is 10.8. The van der Waals surface area contributed by atoms with Gasteiger partial charge in [0, 0.05) is 17.6 Å². The number of hydrogen-bond donors (Lipinski definition) is 1. The number of hydrogen-bond acceptors (Lipinski definition) is 6. The first kappa shape index (κ1) is 13.5. The highest BCUT2D eigenvalue weighted by Crippen LogP contribution is 2.36. The lowest BCUT2D eigenvalue weighted by Crippen LogP contribution is -2.26. The van der Waals surface area contributed by atoms with Gasteiger partial charge in [0.15, 0.2) is 16.6 Å². The molecule has 0 bridgehead atoms. The topological polar surface area (TPSA) is 69.7 Å². The Hall–Kier alpha value is -2.12. The monoisotopic (exact) mass is 318 g/mol. The summed E-state index contributed by atoms with van der Waals surface area (Å²) in [5, 5.41) is 5.30. The second kappa shape index (κ2) is 5.58. The van der Waals surface area contributed by atoms with Crippen LogP contribution in [0.15, 0.2) is 23.6 Å². The second-order valence-corrected chi connectivity index (χ2v) is 5.95. The van der Waals surface area contributed by atoms with Gasteiger partial charge in [0.1, 0.15) is 6.10 Å². The number of amides is 1. The number of thiazole rings is 1. The number of fused-ring (bicyclic) bond motifs is 1. The van der Waals surface area contributed by atoms with Crippen LogP contribution in [-0.2, 0) is 9.53 Å². The van der Waals surface area contributed by atoms with E-state index < -0.39 is 0 Å². The van der Waals surface area contributed by atoms with Gasteiger partial charge in [-0.15, -0.1) is 11.3 Å². The second-order valence-electron chi connectivity index (χ2n) is 5.10. The minimum absolute atomic E-state index is 0.121. The number of carbonyl (C=O) groups excluding carboxylic acids is 1. The van der Waals surface area contributed by atoms with Crippen LogP contribution in [0.25, 0.3) is 11.3 Å². The van der Waals surface area contributed by atoms with E-state index in [1.165, 1.54) is 11.3 Å². The molecule has 7 heteroatoms. The Kier molecular flexibility index (Phi) is 3.44. The zero-order chi connectivity index (χ0) is 14.9. The van der Waals surface area contributed by atoms with Crippen LogP contribution < -0.4 is 14.8 Å². The number of benzene rings is 1. The Bertz CT molecular complexity index is 709. The van der Waals surface area contributed by atoms with Crippen LogP contribution in [0.1, 0.15) is 12.8 Å². The molecule has 1 aromatic heterocycles. The summed E-state index contributed by atoms with van der Waals surface area (Å²) in [5.41, 5.74) is 1.73. The molecule has 1 aromatic carbocycles. The zero-order valence-electron chi connectivity index (χ0n) is 11.7. The van der Waals surface area contributed by atoms with Crippen molar-refractivity contribution in [2.45, 2.75) is 18.9 Å². The lowest BCUT2D eigenvalue weighted by atomic mass is 10.1. The van der Waals surface area contributed by atoms with Gasteiger partial charge in [-0.1, -0.05) is 0 Å². The van der Waals surface area contributed by atoms with Crippen molar-refractivity contribution in [1.82, 2.24) is 4.98 Å². The van der Waals surface area contributed by atoms with Crippen LogP contribution in [0.3, 0.4) is 0 Å². The number of anilines is 1. The molecule has 3 heterocycles. The van der Waals surface area contributed by atoms with Crippen molar-refractivity contribution in [3.05, 3.63) is 23.6 Å². The van der Waals surface area contributed by atoms with E-state index in [1.807, 2.05) is 23.6 Å². The molecule has 22 heavy (non-hydrogen) atoms. The summed E-state index contributed by atoms with van der Waals surface area (Å²) >= 11 is 1.39. The standard InChI is InChI=1S/C15H14N2O4S/c18-14(12-2-1-5-19-12)17-15-16-10(7-22-15)9-3-4-11-13(6-9)21-8-20-11/h3-4,6-7,12H,1-2,5,8H2,(H,16,17,18). The number of carbonyl (C=O) groups is 1.